The minimum absolute atomic E-state index is 0.104. The van der Waals surface area contributed by atoms with E-state index in [1.165, 1.54) is 0 Å². The Bertz CT molecular complexity index is 286. The van der Waals surface area contributed by atoms with Gasteiger partial charge in [0.1, 0.15) is 0 Å². The lowest BCUT2D eigenvalue weighted by Crippen LogP contribution is -2.15. The summed E-state index contributed by atoms with van der Waals surface area (Å²) in [4.78, 5) is 9.92. The number of carbonyl (C=O) groups is 1. The fraction of sp³-hybridized carbons (Fsp3) is 0.714. The van der Waals surface area contributed by atoms with Crippen molar-refractivity contribution in [3.63, 3.8) is 0 Å². The molecule has 0 aromatic rings. The van der Waals surface area contributed by atoms with Gasteiger partial charge in [-0.05, 0) is 32.9 Å². The maximum atomic E-state index is 10.4. The molecule has 0 aromatic heterocycles. The zero-order valence-electron chi connectivity index (χ0n) is 7.41. The molecular formula is C7H13NO4S. The molecular weight excluding hydrogens is 194 g/mol. The Kier molecular flexibility index (Phi) is 6.17. The molecule has 0 rings (SSSR count). The van der Waals surface area contributed by atoms with Gasteiger partial charge in [0.2, 0.25) is 10.3 Å². The minimum atomic E-state index is -2.59. The van der Waals surface area contributed by atoms with Crippen LogP contribution in [0.3, 0.4) is 0 Å². The topological polar surface area (TPSA) is 83.5 Å². The number of aliphatic carboxylic acids is 1. The lowest BCUT2D eigenvalue weighted by atomic mass is 10.2. The first kappa shape index (κ1) is 12.1. The Labute approximate surface area is 78.3 Å². The quantitative estimate of drug-likeness (QED) is 0.453. The first-order chi connectivity index (χ1) is 6.09. The van der Waals surface area contributed by atoms with E-state index in [9.17, 15) is 13.2 Å². The molecule has 0 amide bonds. The van der Waals surface area contributed by atoms with Gasteiger partial charge in [0.05, 0.1) is 0 Å². The van der Waals surface area contributed by atoms with Gasteiger partial charge in [0, 0.05) is 0 Å². The van der Waals surface area contributed by atoms with E-state index in [-0.39, 0.29) is 6.42 Å². The SMILES string of the molecule is CNCCCCC(C(=O)O)=S(=O)=O. The van der Waals surface area contributed by atoms with Gasteiger partial charge >= 0.3 is 5.97 Å². The molecule has 0 aliphatic rings. The summed E-state index contributed by atoms with van der Waals surface area (Å²) in [7, 11) is -0.807. The molecule has 0 aliphatic heterocycles. The molecule has 76 valence electrons. The Morgan fingerprint density at radius 2 is 2.00 bits per heavy atom. The molecule has 0 radical (unpaired) electrons. The number of rotatable bonds is 6. The van der Waals surface area contributed by atoms with Crippen LogP contribution < -0.4 is 5.32 Å². The highest BCUT2D eigenvalue weighted by atomic mass is 32.2. The van der Waals surface area contributed by atoms with Crippen molar-refractivity contribution in [2.24, 2.45) is 0 Å². The van der Waals surface area contributed by atoms with Crippen LogP contribution in [0.4, 0.5) is 0 Å². The highest BCUT2D eigenvalue weighted by molar-refractivity contribution is 7.74. The number of nitrogens with one attached hydrogen (secondary N) is 1. The maximum absolute atomic E-state index is 10.4. The van der Waals surface area contributed by atoms with E-state index in [2.05, 4.69) is 5.32 Å². The summed E-state index contributed by atoms with van der Waals surface area (Å²) in [6, 6.07) is 0. The van der Waals surface area contributed by atoms with E-state index in [0.29, 0.717) is 6.42 Å². The van der Waals surface area contributed by atoms with Crippen molar-refractivity contribution in [1.29, 1.82) is 0 Å². The number of unbranched alkanes of at least 4 members (excludes halogenated alkanes) is 1. The van der Waals surface area contributed by atoms with Gasteiger partial charge in [-0.25, -0.2) is 4.79 Å². The van der Waals surface area contributed by atoms with Crippen LogP contribution in [0.5, 0.6) is 0 Å². The van der Waals surface area contributed by atoms with Crippen molar-refractivity contribution < 1.29 is 18.3 Å². The fourth-order valence-corrected chi connectivity index (χ4v) is 1.30. The molecule has 0 saturated carbocycles. The molecule has 13 heavy (non-hydrogen) atoms. The van der Waals surface area contributed by atoms with Crippen LogP contribution in [0, 0.1) is 0 Å². The molecule has 0 aromatic carbocycles. The second kappa shape index (κ2) is 6.62. The summed E-state index contributed by atoms with van der Waals surface area (Å²) in [5.74, 6) is -1.35. The van der Waals surface area contributed by atoms with E-state index in [1.807, 2.05) is 0 Å². The van der Waals surface area contributed by atoms with Crippen LogP contribution in [0.1, 0.15) is 19.3 Å². The van der Waals surface area contributed by atoms with E-state index in [4.69, 9.17) is 5.11 Å². The van der Waals surface area contributed by atoms with Crippen molar-refractivity contribution in [2.75, 3.05) is 13.6 Å². The van der Waals surface area contributed by atoms with Crippen LogP contribution in [-0.2, 0) is 15.1 Å². The monoisotopic (exact) mass is 207 g/mol. The summed E-state index contributed by atoms with van der Waals surface area (Å²) < 4.78 is 20.7. The molecule has 0 atom stereocenters. The predicted octanol–water partition coefficient (Wildman–Crippen LogP) is -0.488. The van der Waals surface area contributed by atoms with Crippen LogP contribution in [0.25, 0.3) is 0 Å². The minimum Gasteiger partial charge on any atom is -0.477 e. The summed E-state index contributed by atoms with van der Waals surface area (Å²) in [5.41, 5.74) is 0. The third-order valence-electron chi connectivity index (χ3n) is 1.52. The maximum Gasteiger partial charge on any atom is 0.347 e. The number of carboxylic acids is 1. The summed E-state index contributed by atoms with van der Waals surface area (Å²) in [6.07, 6.45) is 1.44. The van der Waals surface area contributed by atoms with Crippen molar-refractivity contribution in [1.82, 2.24) is 5.32 Å². The first-order valence-corrected chi connectivity index (χ1v) is 5.00. The van der Waals surface area contributed by atoms with Gasteiger partial charge in [-0.3, -0.25) is 0 Å². The number of carboxylic acid groups (broad SMARTS) is 1. The third-order valence-corrected chi connectivity index (χ3v) is 2.30. The van der Waals surface area contributed by atoms with Gasteiger partial charge in [0.15, 0.2) is 4.86 Å². The smallest absolute Gasteiger partial charge is 0.347 e. The third kappa shape index (κ3) is 5.37. The zero-order chi connectivity index (χ0) is 10.3. The molecule has 0 heterocycles. The Hall–Kier alpha value is -0.880. The van der Waals surface area contributed by atoms with E-state index >= 15 is 0 Å². The molecule has 2 N–H and O–H groups in total. The second-order valence-electron chi connectivity index (χ2n) is 2.52. The highest BCUT2D eigenvalue weighted by Gasteiger charge is 2.10. The summed E-state index contributed by atoms with van der Waals surface area (Å²) in [6.45, 7) is 0.762. The number of hydrogen-bond donors (Lipinski definition) is 2. The highest BCUT2D eigenvalue weighted by Crippen LogP contribution is 1.96. The van der Waals surface area contributed by atoms with Crippen LogP contribution in [-0.4, -0.2) is 38.0 Å². The zero-order valence-corrected chi connectivity index (χ0v) is 8.23. The van der Waals surface area contributed by atoms with Gasteiger partial charge < -0.3 is 10.4 Å². The van der Waals surface area contributed by atoms with Crippen molar-refractivity contribution >= 4 is 21.1 Å². The molecule has 0 saturated heterocycles. The van der Waals surface area contributed by atoms with Gasteiger partial charge in [0.25, 0.3) is 0 Å². The standard InChI is InChI=1S/C7H13NO4S/c1-8-5-3-2-4-6(7(9)10)13(11)12/h8H,2-5H2,1H3,(H,9,10). The Morgan fingerprint density at radius 3 is 2.38 bits per heavy atom. The largest absolute Gasteiger partial charge is 0.477 e. The number of hydrogen-bond acceptors (Lipinski definition) is 4. The molecule has 0 bridgehead atoms. The van der Waals surface area contributed by atoms with Gasteiger partial charge in [-0.1, -0.05) is 0 Å². The van der Waals surface area contributed by atoms with Crippen molar-refractivity contribution in [2.45, 2.75) is 19.3 Å². The summed E-state index contributed by atoms with van der Waals surface area (Å²) in [5, 5.41) is 11.3. The summed E-state index contributed by atoms with van der Waals surface area (Å²) >= 11 is 0. The van der Waals surface area contributed by atoms with E-state index in [0.717, 1.165) is 13.0 Å². The normalized spacial score (nSPS) is 9.62. The van der Waals surface area contributed by atoms with Crippen molar-refractivity contribution in [3.05, 3.63) is 0 Å². The molecule has 0 aliphatic carbocycles. The molecule has 6 heteroatoms. The van der Waals surface area contributed by atoms with Crippen LogP contribution >= 0.6 is 0 Å². The van der Waals surface area contributed by atoms with E-state index < -0.39 is 21.1 Å². The van der Waals surface area contributed by atoms with Crippen molar-refractivity contribution in [3.8, 4) is 0 Å². The average molecular weight is 207 g/mol. The predicted molar refractivity (Wildman–Crippen MR) is 49.3 cm³/mol. The van der Waals surface area contributed by atoms with Gasteiger partial charge in [-0.15, -0.1) is 0 Å². The van der Waals surface area contributed by atoms with Crippen LogP contribution in [0.2, 0.25) is 0 Å². The average Bonchev–Trinajstić information content (AvgIpc) is 2.02. The van der Waals surface area contributed by atoms with Gasteiger partial charge in [-0.2, -0.15) is 8.42 Å². The molecule has 0 fully saturated rings. The molecule has 5 nitrogen and oxygen atoms in total. The fourth-order valence-electron chi connectivity index (χ4n) is 0.849. The van der Waals surface area contributed by atoms with Crippen LogP contribution in [0.15, 0.2) is 0 Å². The lowest BCUT2D eigenvalue weighted by molar-refractivity contribution is -0.129. The molecule has 0 unspecified atom stereocenters. The van der Waals surface area contributed by atoms with E-state index in [1.54, 1.807) is 7.05 Å². The first-order valence-electron chi connectivity index (χ1n) is 3.92. The molecule has 0 spiro atoms. The second-order valence-corrected chi connectivity index (χ2v) is 3.49. The Balaban J connectivity index is 4.02. The Morgan fingerprint density at radius 1 is 1.38 bits per heavy atom. The lowest BCUT2D eigenvalue weighted by Gasteiger charge is -1.97.